The molecular formula is C17H15Cl2NO. The third kappa shape index (κ3) is 2.55. The van der Waals surface area contributed by atoms with Crippen molar-refractivity contribution in [3.63, 3.8) is 0 Å². The van der Waals surface area contributed by atoms with Crippen molar-refractivity contribution >= 4 is 34.2 Å². The first-order valence-corrected chi connectivity index (χ1v) is 7.47. The number of furan rings is 1. The van der Waals surface area contributed by atoms with Gasteiger partial charge in [-0.25, -0.2) is 0 Å². The summed E-state index contributed by atoms with van der Waals surface area (Å²) in [4.78, 5) is 0. The van der Waals surface area contributed by atoms with Gasteiger partial charge in [0.1, 0.15) is 11.3 Å². The lowest BCUT2D eigenvalue weighted by atomic mass is 10.0. The Morgan fingerprint density at radius 3 is 2.33 bits per heavy atom. The van der Waals surface area contributed by atoms with Crippen LogP contribution in [0.4, 0.5) is 0 Å². The lowest BCUT2D eigenvalue weighted by Crippen LogP contribution is -2.17. The molecule has 0 fully saturated rings. The second-order valence-corrected chi connectivity index (χ2v) is 5.81. The van der Waals surface area contributed by atoms with Gasteiger partial charge in [0.15, 0.2) is 0 Å². The molecule has 2 aromatic carbocycles. The van der Waals surface area contributed by atoms with Crippen molar-refractivity contribution in [3.05, 3.63) is 69.4 Å². The predicted molar refractivity (Wildman–Crippen MR) is 88.3 cm³/mol. The highest BCUT2D eigenvalue weighted by atomic mass is 35.5. The van der Waals surface area contributed by atoms with Crippen LogP contribution >= 0.6 is 23.2 Å². The van der Waals surface area contributed by atoms with E-state index in [0.29, 0.717) is 10.0 Å². The lowest BCUT2D eigenvalue weighted by molar-refractivity contribution is 0.490. The Bertz CT molecular complexity index is 774. The van der Waals surface area contributed by atoms with Crippen molar-refractivity contribution in [1.29, 1.82) is 0 Å². The van der Waals surface area contributed by atoms with Gasteiger partial charge in [-0.1, -0.05) is 47.5 Å². The topological polar surface area (TPSA) is 25.2 Å². The highest BCUT2D eigenvalue weighted by Crippen LogP contribution is 2.36. The smallest absolute Gasteiger partial charge is 0.137 e. The van der Waals surface area contributed by atoms with Gasteiger partial charge in [0, 0.05) is 21.0 Å². The van der Waals surface area contributed by atoms with E-state index in [0.717, 1.165) is 27.9 Å². The van der Waals surface area contributed by atoms with Crippen LogP contribution < -0.4 is 5.32 Å². The molecule has 3 rings (SSSR count). The van der Waals surface area contributed by atoms with E-state index in [1.807, 2.05) is 56.4 Å². The zero-order valence-corrected chi connectivity index (χ0v) is 13.3. The Morgan fingerprint density at radius 1 is 1.05 bits per heavy atom. The second-order valence-electron chi connectivity index (χ2n) is 5.00. The van der Waals surface area contributed by atoms with E-state index in [-0.39, 0.29) is 6.04 Å². The van der Waals surface area contributed by atoms with Gasteiger partial charge in [0.05, 0.1) is 6.04 Å². The summed E-state index contributed by atoms with van der Waals surface area (Å²) < 4.78 is 6.04. The Hall–Kier alpha value is -1.48. The summed E-state index contributed by atoms with van der Waals surface area (Å²) in [6.45, 7) is 2.03. The molecule has 21 heavy (non-hydrogen) atoms. The fourth-order valence-electron chi connectivity index (χ4n) is 2.59. The molecular weight excluding hydrogens is 305 g/mol. The number of nitrogens with one attached hydrogen (secondary N) is 1. The second kappa shape index (κ2) is 5.72. The number of rotatable bonds is 3. The molecule has 2 nitrogen and oxygen atoms in total. The van der Waals surface area contributed by atoms with Crippen LogP contribution in [0.2, 0.25) is 10.0 Å². The van der Waals surface area contributed by atoms with Crippen molar-refractivity contribution < 1.29 is 4.42 Å². The summed E-state index contributed by atoms with van der Waals surface area (Å²) in [7, 11) is 1.87. The van der Waals surface area contributed by atoms with Gasteiger partial charge in [-0.15, -0.1) is 0 Å². The lowest BCUT2D eigenvalue weighted by Gasteiger charge is -2.17. The minimum absolute atomic E-state index is 0.182. The molecule has 0 saturated heterocycles. The maximum Gasteiger partial charge on any atom is 0.137 e. The number of halogens is 2. The van der Waals surface area contributed by atoms with Crippen molar-refractivity contribution in [1.82, 2.24) is 5.32 Å². The van der Waals surface area contributed by atoms with Crippen LogP contribution in [0, 0.1) is 6.92 Å². The van der Waals surface area contributed by atoms with Crippen LogP contribution in [0.15, 0.2) is 46.9 Å². The first-order valence-electron chi connectivity index (χ1n) is 6.72. The fraction of sp³-hybridized carbons (Fsp3) is 0.176. The third-order valence-corrected chi connectivity index (χ3v) is 4.28. The van der Waals surface area contributed by atoms with E-state index in [1.54, 1.807) is 0 Å². The zero-order chi connectivity index (χ0) is 15.0. The number of fused-ring (bicyclic) bond motifs is 1. The molecule has 0 saturated carbocycles. The van der Waals surface area contributed by atoms with Gasteiger partial charge in [-0.05, 0) is 37.7 Å². The number of para-hydroxylation sites is 1. The van der Waals surface area contributed by atoms with E-state index in [2.05, 4.69) is 5.32 Å². The van der Waals surface area contributed by atoms with E-state index in [9.17, 15) is 0 Å². The number of hydrogen-bond acceptors (Lipinski definition) is 2. The van der Waals surface area contributed by atoms with Gasteiger partial charge < -0.3 is 9.73 Å². The van der Waals surface area contributed by atoms with Gasteiger partial charge >= 0.3 is 0 Å². The first kappa shape index (κ1) is 14.5. The summed E-state index contributed by atoms with van der Waals surface area (Å²) in [5, 5.41) is 5.56. The van der Waals surface area contributed by atoms with Crippen LogP contribution in [0.1, 0.15) is 22.9 Å². The van der Waals surface area contributed by atoms with Crippen LogP contribution in [-0.2, 0) is 0 Å². The quantitative estimate of drug-likeness (QED) is 0.703. The molecule has 4 heteroatoms. The highest BCUT2D eigenvalue weighted by Gasteiger charge is 2.22. The maximum absolute atomic E-state index is 6.32. The molecule has 0 spiro atoms. The first-order chi connectivity index (χ1) is 10.1. The number of benzene rings is 2. The average Bonchev–Trinajstić information content (AvgIpc) is 2.88. The minimum Gasteiger partial charge on any atom is -0.459 e. The molecule has 0 amide bonds. The molecule has 1 unspecified atom stereocenters. The van der Waals surface area contributed by atoms with Crippen molar-refractivity contribution in [2.75, 3.05) is 7.05 Å². The molecule has 1 heterocycles. The van der Waals surface area contributed by atoms with Gasteiger partial charge in [-0.2, -0.15) is 0 Å². The van der Waals surface area contributed by atoms with E-state index in [4.69, 9.17) is 27.6 Å². The van der Waals surface area contributed by atoms with E-state index < -0.39 is 0 Å². The summed E-state index contributed by atoms with van der Waals surface area (Å²) in [6, 6.07) is 13.4. The fourth-order valence-corrected chi connectivity index (χ4v) is 3.20. The molecule has 0 aliphatic heterocycles. The van der Waals surface area contributed by atoms with Crippen LogP contribution in [-0.4, -0.2) is 7.05 Å². The molecule has 1 N–H and O–H groups in total. The molecule has 1 aromatic heterocycles. The summed E-state index contributed by atoms with van der Waals surface area (Å²) in [6.07, 6.45) is 0. The Morgan fingerprint density at radius 2 is 1.71 bits per heavy atom. The SMILES string of the molecule is CNC(c1cc2cccc(C)c2o1)c1c(Cl)cccc1Cl. The van der Waals surface area contributed by atoms with Crippen molar-refractivity contribution in [3.8, 4) is 0 Å². The van der Waals surface area contributed by atoms with E-state index >= 15 is 0 Å². The highest BCUT2D eigenvalue weighted by molar-refractivity contribution is 6.36. The molecule has 1 atom stereocenters. The van der Waals surface area contributed by atoms with Crippen LogP contribution in [0.5, 0.6) is 0 Å². The molecule has 0 aliphatic carbocycles. The Labute approximate surface area is 133 Å². The summed E-state index contributed by atoms with van der Waals surface area (Å²) in [5.41, 5.74) is 2.84. The summed E-state index contributed by atoms with van der Waals surface area (Å²) in [5.74, 6) is 0.803. The standard InChI is InChI=1S/C17H15Cl2NO/c1-10-5-3-6-11-9-14(21-17(10)11)16(20-2)15-12(18)7-4-8-13(15)19/h3-9,16,20H,1-2H3. The van der Waals surface area contributed by atoms with Gasteiger partial charge in [-0.3, -0.25) is 0 Å². The molecule has 0 radical (unpaired) electrons. The third-order valence-electron chi connectivity index (χ3n) is 3.62. The maximum atomic E-state index is 6.32. The van der Waals surface area contributed by atoms with Crippen LogP contribution in [0.25, 0.3) is 11.0 Å². The van der Waals surface area contributed by atoms with Gasteiger partial charge in [0.25, 0.3) is 0 Å². The van der Waals surface area contributed by atoms with Crippen LogP contribution in [0.3, 0.4) is 0 Å². The molecule has 0 bridgehead atoms. The van der Waals surface area contributed by atoms with Crippen molar-refractivity contribution in [2.24, 2.45) is 0 Å². The largest absolute Gasteiger partial charge is 0.459 e. The Balaban J connectivity index is 2.16. The van der Waals surface area contributed by atoms with Crippen molar-refractivity contribution in [2.45, 2.75) is 13.0 Å². The number of hydrogen-bond donors (Lipinski definition) is 1. The number of aryl methyl sites for hydroxylation is 1. The monoisotopic (exact) mass is 319 g/mol. The van der Waals surface area contributed by atoms with Gasteiger partial charge in [0.2, 0.25) is 0 Å². The van der Waals surface area contributed by atoms with E-state index in [1.165, 1.54) is 0 Å². The molecule has 0 aliphatic rings. The predicted octanol–water partition coefficient (Wildman–Crippen LogP) is 5.36. The Kier molecular flexibility index (Phi) is 3.94. The minimum atomic E-state index is -0.182. The zero-order valence-electron chi connectivity index (χ0n) is 11.8. The molecule has 3 aromatic rings. The normalized spacial score (nSPS) is 12.8. The average molecular weight is 320 g/mol. The molecule has 108 valence electrons. The summed E-state index contributed by atoms with van der Waals surface area (Å²) >= 11 is 12.6.